The number of fused-ring (bicyclic) bond motifs is 1. The van der Waals surface area contributed by atoms with E-state index in [2.05, 4.69) is 41.5 Å². The van der Waals surface area contributed by atoms with Gasteiger partial charge in [0.1, 0.15) is 5.78 Å². The van der Waals surface area contributed by atoms with Crippen LogP contribution >= 0.6 is 0 Å². The summed E-state index contributed by atoms with van der Waals surface area (Å²) in [7, 11) is -2.03. The van der Waals surface area contributed by atoms with Crippen LogP contribution < -0.4 is 0 Å². The second-order valence-corrected chi connectivity index (χ2v) is 15.1. The molecule has 0 saturated carbocycles. The van der Waals surface area contributed by atoms with Crippen molar-refractivity contribution in [1.82, 2.24) is 0 Å². The minimum atomic E-state index is -2.03. The van der Waals surface area contributed by atoms with Gasteiger partial charge in [-0.05, 0) is 39.9 Å². The summed E-state index contributed by atoms with van der Waals surface area (Å²) in [6.45, 7) is 17.4. The molecule has 0 aliphatic rings. The zero-order valence-corrected chi connectivity index (χ0v) is 21.0. The van der Waals surface area contributed by atoms with Crippen molar-refractivity contribution in [3.05, 3.63) is 48.0 Å². The zero-order valence-electron chi connectivity index (χ0n) is 20.0. The van der Waals surface area contributed by atoms with E-state index in [9.17, 15) is 9.90 Å². The van der Waals surface area contributed by atoms with Gasteiger partial charge >= 0.3 is 0 Å². The average Bonchev–Trinajstić information content (AvgIpc) is 2.69. The number of carbonyl (C=O) groups excluding carboxylic acids is 1. The van der Waals surface area contributed by atoms with Crippen molar-refractivity contribution in [3.63, 3.8) is 0 Å². The van der Waals surface area contributed by atoms with Crippen LogP contribution in [0.5, 0.6) is 0 Å². The molecule has 0 spiro atoms. The second-order valence-electron chi connectivity index (χ2n) is 9.72. The molecule has 0 fully saturated rings. The Kier molecular flexibility index (Phi) is 8.43. The Morgan fingerprint density at radius 1 is 0.867 bits per heavy atom. The summed E-state index contributed by atoms with van der Waals surface area (Å²) in [5.41, 5.74) is 2.26. The number of rotatable bonds is 10. The monoisotopic (exact) mass is 428 g/mol. The number of hydrogen-bond donors (Lipinski definition) is 1. The quantitative estimate of drug-likeness (QED) is 0.412. The Morgan fingerprint density at radius 3 is 1.97 bits per heavy atom. The lowest BCUT2D eigenvalue weighted by Gasteiger charge is -2.44. The number of ketones is 1. The first-order valence-electron chi connectivity index (χ1n) is 11.4. The van der Waals surface area contributed by atoms with E-state index in [0.29, 0.717) is 23.0 Å². The maximum absolute atomic E-state index is 13.1. The number of benzene rings is 2. The summed E-state index contributed by atoms with van der Waals surface area (Å²) < 4.78 is 6.74. The third-order valence-corrected chi connectivity index (χ3v) is 12.9. The molecule has 0 aliphatic carbocycles. The van der Waals surface area contributed by atoms with Crippen LogP contribution in [0.25, 0.3) is 10.8 Å². The number of aliphatic hydroxyl groups is 1. The highest BCUT2D eigenvalue weighted by Crippen LogP contribution is 2.43. The Balaban J connectivity index is 2.16. The Bertz CT molecular complexity index is 816. The van der Waals surface area contributed by atoms with Crippen molar-refractivity contribution in [1.29, 1.82) is 0 Å². The van der Waals surface area contributed by atoms with E-state index in [1.165, 1.54) is 0 Å². The summed E-state index contributed by atoms with van der Waals surface area (Å²) in [4.78, 5) is 13.1. The lowest BCUT2D eigenvalue weighted by atomic mass is 9.89. The van der Waals surface area contributed by atoms with E-state index < -0.39 is 20.3 Å². The molecule has 0 bridgehead atoms. The molecule has 0 aliphatic heterocycles. The van der Waals surface area contributed by atoms with E-state index in [0.717, 1.165) is 16.3 Å². The highest BCUT2D eigenvalue weighted by molar-refractivity contribution is 6.77. The van der Waals surface area contributed by atoms with Gasteiger partial charge in [0.25, 0.3) is 0 Å². The molecule has 3 atom stereocenters. The van der Waals surface area contributed by atoms with Crippen molar-refractivity contribution in [2.75, 3.05) is 0 Å². The van der Waals surface area contributed by atoms with Crippen LogP contribution in [0.2, 0.25) is 16.6 Å². The lowest BCUT2D eigenvalue weighted by Crippen LogP contribution is -2.50. The van der Waals surface area contributed by atoms with Gasteiger partial charge < -0.3 is 9.53 Å². The molecule has 2 aromatic rings. The molecule has 0 radical (unpaired) electrons. The molecule has 2 aromatic carbocycles. The summed E-state index contributed by atoms with van der Waals surface area (Å²) in [5.74, 6) is -0.419. The third-order valence-electron chi connectivity index (χ3n) is 6.72. The first kappa shape index (κ1) is 24.8. The van der Waals surface area contributed by atoms with Crippen LogP contribution in [-0.4, -0.2) is 25.3 Å². The first-order chi connectivity index (χ1) is 14.0. The molecule has 1 N–H and O–H groups in total. The fraction of sp³-hybridized carbons (Fsp3) is 0.577. The first-order valence-corrected chi connectivity index (χ1v) is 13.5. The van der Waals surface area contributed by atoms with Crippen molar-refractivity contribution >= 4 is 24.9 Å². The third kappa shape index (κ3) is 5.04. The standard InChI is InChI=1S/C26H40O3Si/c1-17(2)30(18(3)4,19(5)6)29-20(7)16-25(27)21(8)26(28)24-15-11-13-22-12-9-10-14-23(22)24/h9-15,17-21,26,28H,16H2,1-8H3/t20-,21-,26-/m0/s1. The van der Waals surface area contributed by atoms with Gasteiger partial charge in [-0.1, -0.05) is 90.9 Å². The van der Waals surface area contributed by atoms with Gasteiger partial charge in [-0.15, -0.1) is 0 Å². The molecule has 2 rings (SSSR count). The minimum absolute atomic E-state index is 0.0575. The van der Waals surface area contributed by atoms with Crippen LogP contribution in [0.1, 0.15) is 73.5 Å². The highest BCUT2D eigenvalue weighted by atomic mass is 28.4. The van der Waals surface area contributed by atoms with Gasteiger partial charge in [0.2, 0.25) is 8.32 Å². The Morgan fingerprint density at radius 2 is 1.40 bits per heavy atom. The van der Waals surface area contributed by atoms with E-state index in [1.807, 2.05) is 56.3 Å². The smallest absolute Gasteiger partial charge is 0.200 e. The fourth-order valence-corrected chi connectivity index (χ4v) is 10.8. The predicted molar refractivity (Wildman–Crippen MR) is 129 cm³/mol. The van der Waals surface area contributed by atoms with Crippen LogP contribution in [0.3, 0.4) is 0 Å². The van der Waals surface area contributed by atoms with Crippen molar-refractivity contribution < 1.29 is 14.3 Å². The normalized spacial score (nSPS) is 15.7. The molecule has 30 heavy (non-hydrogen) atoms. The molecule has 0 aromatic heterocycles. The summed E-state index contributed by atoms with van der Waals surface area (Å²) >= 11 is 0. The Labute approximate surface area is 184 Å². The fourth-order valence-electron chi connectivity index (χ4n) is 5.22. The zero-order chi connectivity index (χ0) is 22.6. The van der Waals surface area contributed by atoms with Crippen LogP contribution in [0.15, 0.2) is 42.5 Å². The van der Waals surface area contributed by atoms with Crippen molar-refractivity contribution in [3.8, 4) is 0 Å². The van der Waals surface area contributed by atoms with Gasteiger partial charge in [-0.2, -0.15) is 0 Å². The molecule has 0 amide bonds. The predicted octanol–water partition coefficient (Wildman–Crippen LogP) is 7.05. The summed E-state index contributed by atoms with van der Waals surface area (Å²) in [6, 6.07) is 13.9. The van der Waals surface area contributed by atoms with Gasteiger partial charge in [-0.3, -0.25) is 4.79 Å². The largest absolute Gasteiger partial charge is 0.413 e. The SMILES string of the molecule is CC(C)[Si](O[C@@H](C)CC(=O)[C@H](C)[C@H](O)c1cccc2ccccc12)(C(C)C)C(C)C. The maximum atomic E-state index is 13.1. The number of hydrogen-bond acceptors (Lipinski definition) is 3. The van der Waals surface area contributed by atoms with E-state index in [-0.39, 0.29) is 11.9 Å². The van der Waals surface area contributed by atoms with Crippen LogP contribution in [0, 0.1) is 5.92 Å². The van der Waals surface area contributed by atoms with Gasteiger partial charge in [-0.25, -0.2) is 0 Å². The van der Waals surface area contributed by atoms with Crippen molar-refractivity contribution in [2.45, 2.75) is 90.6 Å². The highest BCUT2D eigenvalue weighted by Gasteiger charge is 2.46. The maximum Gasteiger partial charge on any atom is 0.200 e. The van der Waals surface area contributed by atoms with E-state index in [4.69, 9.17) is 4.43 Å². The average molecular weight is 429 g/mol. The number of Topliss-reactive ketones (excluding diaryl/α,β-unsaturated/α-hetero) is 1. The molecule has 0 heterocycles. The minimum Gasteiger partial charge on any atom is -0.413 e. The molecule has 166 valence electrons. The van der Waals surface area contributed by atoms with Crippen LogP contribution in [0.4, 0.5) is 0 Å². The molecule has 0 unspecified atom stereocenters. The number of carbonyl (C=O) groups is 1. The second kappa shape index (κ2) is 10.2. The van der Waals surface area contributed by atoms with Gasteiger partial charge in [0.05, 0.1) is 6.10 Å². The molecule has 0 saturated heterocycles. The lowest BCUT2D eigenvalue weighted by molar-refractivity contribution is -0.127. The van der Waals surface area contributed by atoms with E-state index >= 15 is 0 Å². The van der Waals surface area contributed by atoms with Crippen molar-refractivity contribution in [2.24, 2.45) is 5.92 Å². The molecule has 4 heteroatoms. The van der Waals surface area contributed by atoms with Crippen LogP contribution in [-0.2, 0) is 9.22 Å². The van der Waals surface area contributed by atoms with Gasteiger partial charge in [0, 0.05) is 18.4 Å². The molecular formula is C26H40O3Si. The summed E-state index contributed by atoms with van der Waals surface area (Å²) in [5, 5.41) is 13.1. The molecular weight excluding hydrogens is 388 g/mol. The summed E-state index contributed by atoms with van der Waals surface area (Å²) in [6.07, 6.45) is -0.624. The van der Waals surface area contributed by atoms with E-state index in [1.54, 1.807) is 0 Å². The topological polar surface area (TPSA) is 46.5 Å². The Hall–Kier alpha value is -1.49. The molecule has 3 nitrogen and oxygen atoms in total. The van der Waals surface area contributed by atoms with Gasteiger partial charge in [0.15, 0.2) is 0 Å². The number of aliphatic hydroxyl groups excluding tert-OH is 1.